The highest BCUT2D eigenvalue weighted by atomic mass is 127. The maximum Gasteiger partial charge on any atom is 0.191 e. The summed E-state index contributed by atoms with van der Waals surface area (Å²) in [6.45, 7) is 8.32. The molecule has 1 heterocycles. The molecule has 1 atom stereocenters. The van der Waals surface area contributed by atoms with E-state index in [9.17, 15) is 0 Å². The minimum Gasteiger partial charge on any atom is -0.385 e. The van der Waals surface area contributed by atoms with E-state index in [1.165, 1.54) is 30.4 Å². The molecule has 3 rings (SSSR count). The number of hydrogen-bond acceptors (Lipinski definition) is 4. The number of halogens is 1. The fourth-order valence-corrected chi connectivity index (χ4v) is 4.42. The zero-order valence-corrected chi connectivity index (χ0v) is 21.1. The van der Waals surface area contributed by atoms with Gasteiger partial charge >= 0.3 is 0 Å². The Balaban J connectivity index is 0.00000320. The molecule has 1 aliphatic carbocycles. The fraction of sp³-hybridized carbons (Fsp3) is 0.696. The van der Waals surface area contributed by atoms with Gasteiger partial charge < -0.3 is 20.1 Å². The van der Waals surface area contributed by atoms with Crippen LogP contribution in [0.3, 0.4) is 0 Å². The van der Waals surface area contributed by atoms with Gasteiger partial charge in [0, 0.05) is 46.9 Å². The van der Waals surface area contributed by atoms with E-state index in [2.05, 4.69) is 51.7 Å². The van der Waals surface area contributed by atoms with Gasteiger partial charge in [-0.1, -0.05) is 36.2 Å². The third-order valence-corrected chi connectivity index (χ3v) is 6.48. The third-order valence-electron chi connectivity index (χ3n) is 6.48. The van der Waals surface area contributed by atoms with Gasteiger partial charge in [0.15, 0.2) is 5.96 Å². The summed E-state index contributed by atoms with van der Waals surface area (Å²) in [4.78, 5) is 7.00. The van der Waals surface area contributed by atoms with Crippen LogP contribution in [0, 0.1) is 12.3 Å². The molecule has 0 radical (unpaired) electrons. The summed E-state index contributed by atoms with van der Waals surface area (Å²) < 4.78 is 10.9. The van der Waals surface area contributed by atoms with Gasteiger partial charge in [-0.05, 0) is 37.2 Å². The van der Waals surface area contributed by atoms with Gasteiger partial charge in [-0.2, -0.15) is 0 Å². The lowest BCUT2D eigenvalue weighted by Gasteiger charge is -2.42. The van der Waals surface area contributed by atoms with Crippen LogP contribution in [0.1, 0.15) is 42.9 Å². The molecule has 7 heteroatoms. The Morgan fingerprint density at radius 2 is 2.03 bits per heavy atom. The molecule has 2 aliphatic rings. The molecular weight excluding hydrogens is 491 g/mol. The number of rotatable bonds is 9. The molecule has 30 heavy (non-hydrogen) atoms. The van der Waals surface area contributed by atoms with Crippen LogP contribution in [0.25, 0.3) is 0 Å². The van der Waals surface area contributed by atoms with Crippen LogP contribution in [0.5, 0.6) is 0 Å². The van der Waals surface area contributed by atoms with Crippen LogP contribution in [0.15, 0.2) is 29.3 Å². The number of nitrogens with zero attached hydrogens (tertiary/aromatic N) is 2. The van der Waals surface area contributed by atoms with Gasteiger partial charge in [-0.25, -0.2) is 0 Å². The minimum absolute atomic E-state index is 0. The highest BCUT2D eigenvalue weighted by Crippen LogP contribution is 2.43. The maximum atomic E-state index is 5.57. The average Bonchev–Trinajstić information content (AvgIpc) is 2.72. The Labute approximate surface area is 199 Å². The van der Waals surface area contributed by atoms with Gasteiger partial charge in [0.25, 0.3) is 0 Å². The van der Waals surface area contributed by atoms with Crippen molar-refractivity contribution in [3.63, 3.8) is 0 Å². The molecule has 1 aromatic carbocycles. The average molecular weight is 530 g/mol. The summed E-state index contributed by atoms with van der Waals surface area (Å²) in [5.74, 6) is 0.889. The number of hydrogen-bond donors (Lipinski definition) is 2. The molecule has 1 unspecified atom stereocenters. The molecule has 0 spiro atoms. The lowest BCUT2D eigenvalue weighted by Crippen LogP contribution is -2.49. The second-order valence-corrected chi connectivity index (χ2v) is 8.48. The Bertz CT molecular complexity index is 660. The van der Waals surface area contributed by atoms with Crippen LogP contribution in [-0.4, -0.2) is 71.0 Å². The second-order valence-electron chi connectivity index (χ2n) is 8.48. The Kier molecular flexibility index (Phi) is 10.8. The minimum atomic E-state index is 0. The standard InChI is InChI=1S/C23H38N4O2.HI/c1-19-6-4-7-20(16-19)21(27-11-14-29-15-12-27)17-25-22(24-2)26-18-23(8-5-9-23)10-13-28-3;/h4,6-7,16,21H,5,8-15,17-18H2,1-3H3,(H2,24,25,26);1H. The van der Waals surface area contributed by atoms with Crippen molar-refractivity contribution in [2.45, 2.75) is 38.6 Å². The van der Waals surface area contributed by atoms with Gasteiger partial charge in [0.05, 0.1) is 19.3 Å². The number of methoxy groups -OCH3 is 1. The number of aryl methyl sites for hydroxylation is 1. The monoisotopic (exact) mass is 530 g/mol. The number of ether oxygens (including phenoxy) is 2. The smallest absolute Gasteiger partial charge is 0.191 e. The quantitative estimate of drug-likeness (QED) is 0.292. The molecule has 6 nitrogen and oxygen atoms in total. The van der Waals surface area contributed by atoms with Crippen molar-refractivity contribution in [2.75, 3.05) is 60.2 Å². The summed E-state index contributed by atoms with van der Waals surface area (Å²) >= 11 is 0. The lowest BCUT2D eigenvalue weighted by molar-refractivity contribution is 0.0169. The molecule has 2 fully saturated rings. The normalized spacial score (nSPS) is 20.0. The molecule has 0 amide bonds. The van der Waals surface area contributed by atoms with E-state index in [4.69, 9.17) is 9.47 Å². The fourth-order valence-electron chi connectivity index (χ4n) is 4.42. The van der Waals surface area contributed by atoms with E-state index in [0.29, 0.717) is 11.5 Å². The van der Waals surface area contributed by atoms with Crippen LogP contribution < -0.4 is 10.6 Å². The topological polar surface area (TPSA) is 58.1 Å². The summed E-state index contributed by atoms with van der Waals surface area (Å²) in [7, 11) is 3.64. The molecular formula is C23H39IN4O2. The van der Waals surface area contributed by atoms with Gasteiger partial charge in [0.2, 0.25) is 0 Å². The molecule has 0 bridgehead atoms. The Morgan fingerprint density at radius 3 is 2.63 bits per heavy atom. The van der Waals surface area contributed by atoms with Crippen LogP contribution in [0.2, 0.25) is 0 Å². The first kappa shape index (κ1) is 25.4. The molecule has 1 aromatic rings. The largest absolute Gasteiger partial charge is 0.385 e. The number of morpholine rings is 1. The van der Waals surface area contributed by atoms with Gasteiger partial charge in [0.1, 0.15) is 0 Å². The van der Waals surface area contributed by atoms with E-state index in [0.717, 1.165) is 58.4 Å². The number of benzene rings is 1. The first-order chi connectivity index (χ1) is 14.2. The van der Waals surface area contributed by atoms with Crippen LogP contribution in [0.4, 0.5) is 0 Å². The maximum absolute atomic E-state index is 5.57. The van der Waals surface area contributed by atoms with Crippen molar-refractivity contribution in [2.24, 2.45) is 10.4 Å². The van der Waals surface area contributed by atoms with E-state index < -0.39 is 0 Å². The number of aliphatic imine (C=N–C) groups is 1. The predicted octanol–water partition coefficient (Wildman–Crippen LogP) is 3.36. The van der Waals surface area contributed by atoms with Crippen molar-refractivity contribution in [3.8, 4) is 0 Å². The van der Waals surface area contributed by atoms with Crippen molar-refractivity contribution in [1.82, 2.24) is 15.5 Å². The first-order valence-electron chi connectivity index (χ1n) is 11.0. The van der Waals surface area contributed by atoms with E-state index >= 15 is 0 Å². The molecule has 1 aliphatic heterocycles. The Hall–Kier alpha value is -0.900. The summed E-state index contributed by atoms with van der Waals surface area (Å²) in [5.41, 5.74) is 3.02. The zero-order chi connectivity index (χ0) is 20.5. The number of nitrogens with one attached hydrogen (secondary N) is 2. The SMILES string of the molecule is CN=C(NCC(c1cccc(C)c1)N1CCOCC1)NCC1(CCOC)CCC1.I. The van der Waals surface area contributed by atoms with Gasteiger partial charge in [-0.15, -0.1) is 24.0 Å². The van der Waals surface area contributed by atoms with Crippen molar-refractivity contribution < 1.29 is 9.47 Å². The highest BCUT2D eigenvalue weighted by Gasteiger charge is 2.36. The summed E-state index contributed by atoms with van der Waals surface area (Å²) in [5, 5.41) is 7.17. The van der Waals surface area contributed by atoms with Crippen LogP contribution in [-0.2, 0) is 9.47 Å². The first-order valence-corrected chi connectivity index (χ1v) is 11.0. The number of guanidine groups is 1. The second kappa shape index (κ2) is 12.8. The van der Waals surface area contributed by atoms with Crippen molar-refractivity contribution in [1.29, 1.82) is 0 Å². The van der Waals surface area contributed by atoms with E-state index in [1.807, 2.05) is 7.05 Å². The Morgan fingerprint density at radius 1 is 1.27 bits per heavy atom. The van der Waals surface area contributed by atoms with Crippen molar-refractivity contribution in [3.05, 3.63) is 35.4 Å². The molecule has 2 N–H and O–H groups in total. The molecule has 0 aromatic heterocycles. The van der Waals surface area contributed by atoms with Crippen molar-refractivity contribution >= 4 is 29.9 Å². The van der Waals surface area contributed by atoms with E-state index in [1.54, 1.807) is 7.11 Å². The molecule has 170 valence electrons. The zero-order valence-electron chi connectivity index (χ0n) is 18.8. The molecule has 1 saturated carbocycles. The van der Waals surface area contributed by atoms with Crippen LogP contribution >= 0.6 is 24.0 Å². The summed E-state index contributed by atoms with van der Waals surface area (Å²) in [6.07, 6.45) is 5.00. The highest BCUT2D eigenvalue weighted by molar-refractivity contribution is 14.0. The summed E-state index contributed by atoms with van der Waals surface area (Å²) in [6, 6.07) is 9.15. The molecule has 1 saturated heterocycles. The third kappa shape index (κ3) is 7.07. The van der Waals surface area contributed by atoms with Gasteiger partial charge in [-0.3, -0.25) is 9.89 Å². The van der Waals surface area contributed by atoms with E-state index in [-0.39, 0.29) is 24.0 Å². The lowest BCUT2D eigenvalue weighted by atomic mass is 9.67. The predicted molar refractivity (Wildman–Crippen MR) is 134 cm³/mol.